The van der Waals surface area contributed by atoms with Gasteiger partial charge in [-0.1, -0.05) is 31.4 Å². The summed E-state index contributed by atoms with van der Waals surface area (Å²) in [6, 6.07) is 17.0. The average Bonchev–Trinajstić information content (AvgIpc) is 3.63. The SMILES string of the molecule is [C-]#[N+]c1cnc(NC(=O)c2ccc(Oc3ccnc4c3c(NC3CCCCC3)nn4Cc3ccc(OC)cc3)cc2)s1. The van der Waals surface area contributed by atoms with E-state index in [1.807, 2.05) is 35.0 Å². The third-order valence-corrected chi connectivity index (χ3v) is 8.01. The molecule has 212 valence electrons. The van der Waals surface area contributed by atoms with Crippen molar-refractivity contribution in [1.29, 1.82) is 0 Å². The fraction of sp³-hybridized carbons (Fsp3) is 0.258. The van der Waals surface area contributed by atoms with Crippen molar-refractivity contribution in [2.75, 3.05) is 17.7 Å². The maximum Gasteiger partial charge on any atom is 0.262 e. The van der Waals surface area contributed by atoms with Gasteiger partial charge in [0.05, 0.1) is 20.2 Å². The van der Waals surface area contributed by atoms with Gasteiger partial charge in [-0.3, -0.25) is 10.1 Å². The van der Waals surface area contributed by atoms with Crippen molar-refractivity contribution in [3.8, 4) is 17.2 Å². The fourth-order valence-corrected chi connectivity index (χ4v) is 5.65. The highest BCUT2D eigenvalue weighted by atomic mass is 32.1. The summed E-state index contributed by atoms with van der Waals surface area (Å²) in [4.78, 5) is 24.8. The van der Waals surface area contributed by atoms with Crippen LogP contribution in [0, 0.1) is 6.57 Å². The monoisotopic (exact) mass is 579 g/mol. The maximum absolute atomic E-state index is 12.7. The summed E-state index contributed by atoms with van der Waals surface area (Å²) in [5.74, 6) is 2.46. The quantitative estimate of drug-likeness (QED) is 0.177. The van der Waals surface area contributed by atoms with Crippen LogP contribution < -0.4 is 20.1 Å². The Labute approximate surface area is 247 Å². The molecule has 0 bridgehead atoms. The molecule has 0 atom stereocenters. The van der Waals surface area contributed by atoms with E-state index >= 15 is 0 Å². The van der Waals surface area contributed by atoms with Gasteiger partial charge < -0.3 is 14.8 Å². The van der Waals surface area contributed by atoms with Crippen LogP contribution in [0.3, 0.4) is 0 Å². The third kappa shape index (κ3) is 6.04. The molecule has 0 aliphatic heterocycles. The molecule has 0 saturated heterocycles. The first-order chi connectivity index (χ1) is 20.6. The molecule has 1 amide bonds. The lowest BCUT2D eigenvalue weighted by Gasteiger charge is -2.22. The van der Waals surface area contributed by atoms with Gasteiger partial charge >= 0.3 is 0 Å². The molecule has 3 heterocycles. The molecule has 5 aromatic rings. The normalized spacial score (nSPS) is 13.4. The molecule has 10 nitrogen and oxygen atoms in total. The van der Waals surface area contributed by atoms with Crippen LogP contribution in [0.1, 0.15) is 48.0 Å². The number of hydrogen-bond acceptors (Lipinski definition) is 8. The molecule has 2 N–H and O–H groups in total. The van der Waals surface area contributed by atoms with Crippen molar-refractivity contribution >= 4 is 44.2 Å². The summed E-state index contributed by atoms with van der Waals surface area (Å²) >= 11 is 1.13. The number of nitrogens with zero attached hydrogens (tertiary/aromatic N) is 5. The summed E-state index contributed by atoms with van der Waals surface area (Å²) in [6.07, 6.45) is 9.04. The van der Waals surface area contributed by atoms with E-state index in [0.29, 0.717) is 39.8 Å². The zero-order valence-corrected chi connectivity index (χ0v) is 23.9. The highest BCUT2D eigenvalue weighted by molar-refractivity contribution is 7.19. The largest absolute Gasteiger partial charge is 0.497 e. The first-order valence-electron chi connectivity index (χ1n) is 13.8. The molecule has 2 aromatic carbocycles. The van der Waals surface area contributed by atoms with Crippen LogP contribution in [-0.4, -0.2) is 38.8 Å². The molecular weight excluding hydrogens is 550 g/mol. The van der Waals surface area contributed by atoms with Crippen LogP contribution in [0.15, 0.2) is 67.0 Å². The van der Waals surface area contributed by atoms with Crippen molar-refractivity contribution in [3.05, 3.63) is 89.5 Å². The van der Waals surface area contributed by atoms with E-state index < -0.39 is 0 Å². The number of methoxy groups -OCH3 is 1. The van der Waals surface area contributed by atoms with Gasteiger partial charge in [0.2, 0.25) is 0 Å². The Morgan fingerprint density at radius 2 is 1.81 bits per heavy atom. The Hall–Kier alpha value is -4.95. The van der Waals surface area contributed by atoms with Crippen molar-refractivity contribution in [2.24, 2.45) is 0 Å². The summed E-state index contributed by atoms with van der Waals surface area (Å²) in [5.41, 5.74) is 2.25. The second kappa shape index (κ2) is 12.3. The van der Waals surface area contributed by atoms with Crippen LogP contribution >= 0.6 is 11.3 Å². The Bertz CT molecular complexity index is 1730. The van der Waals surface area contributed by atoms with E-state index in [4.69, 9.17) is 26.1 Å². The number of carbonyl (C=O) groups excluding carboxylic acids is 1. The molecule has 0 spiro atoms. The van der Waals surface area contributed by atoms with Crippen molar-refractivity contribution in [3.63, 3.8) is 0 Å². The highest BCUT2D eigenvalue weighted by Crippen LogP contribution is 2.36. The van der Waals surface area contributed by atoms with E-state index in [1.54, 1.807) is 37.6 Å². The Balaban J connectivity index is 1.27. The number of benzene rings is 2. The third-order valence-electron chi connectivity index (χ3n) is 7.20. The molecule has 1 aliphatic rings. The first-order valence-corrected chi connectivity index (χ1v) is 14.6. The summed E-state index contributed by atoms with van der Waals surface area (Å²) in [7, 11) is 1.66. The van der Waals surface area contributed by atoms with E-state index in [0.717, 1.165) is 52.3 Å². The number of thiazole rings is 1. The van der Waals surface area contributed by atoms with E-state index in [2.05, 4.69) is 20.5 Å². The van der Waals surface area contributed by atoms with Crippen LogP contribution in [-0.2, 0) is 6.54 Å². The van der Waals surface area contributed by atoms with Gasteiger partial charge in [-0.05, 0) is 54.8 Å². The highest BCUT2D eigenvalue weighted by Gasteiger charge is 2.21. The number of nitrogens with one attached hydrogen (secondary N) is 2. The zero-order chi connectivity index (χ0) is 28.9. The van der Waals surface area contributed by atoms with Crippen molar-refractivity contribution < 1.29 is 14.3 Å². The predicted octanol–water partition coefficient (Wildman–Crippen LogP) is 7.28. The van der Waals surface area contributed by atoms with Crippen molar-refractivity contribution in [1.82, 2.24) is 19.7 Å². The molecule has 3 aromatic heterocycles. The molecule has 1 saturated carbocycles. The van der Waals surface area contributed by atoms with E-state index in [9.17, 15) is 4.79 Å². The van der Waals surface area contributed by atoms with E-state index in [1.165, 1.54) is 25.5 Å². The van der Waals surface area contributed by atoms with Gasteiger partial charge in [0.25, 0.3) is 10.9 Å². The second-order valence-electron chi connectivity index (χ2n) is 10.0. The standard InChI is InChI=1S/C31H29N7O3S/c1-32-26-18-34-31(42-26)36-30(39)21-10-14-24(15-11-21)41-25-16-17-33-29-27(25)28(35-22-6-4-3-5-7-22)37-38(29)19-20-8-12-23(40-2)13-9-20/h8-18,22H,3-7,19H2,2H3,(H,35,37)(H,34,36,39). The number of carbonyl (C=O) groups is 1. The molecular formula is C31H29N7O3S. The van der Waals surface area contributed by atoms with Gasteiger partial charge in [-0.2, -0.15) is 5.10 Å². The molecule has 6 rings (SSSR count). The first kappa shape index (κ1) is 27.2. The van der Waals surface area contributed by atoms with Crippen LogP contribution in [0.4, 0.5) is 16.0 Å². The van der Waals surface area contributed by atoms with Gasteiger partial charge in [-0.15, -0.1) is 11.3 Å². The Morgan fingerprint density at radius 1 is 1.05 bits per heavy atom. The molecule has 0 radical (unpaired) electrons. The topological polar surface area (TPSA) is 108 Å². The smallest absolute Gasteiger partial charge is 0.262 e. The molecule has 1 fully saturated rings. The summed E-state index contributed by atoms with van der Waals surface area (Å²) in [6.45, 7) is 7.61. The average molecular weight is 580 g/mol. The lowest BCUT2D eigenvalue weighted by molar-refractivity contribution is 0.102. The van der Waals surface area contributed by atoms with Gasteiger partial charge in [0.15, 0.2) is 16.6 Å². The molecule has 42 heavy (non-hydrogen) atoms. The van der Waals surface area contributed by atoms with Crippen molar-refractivity contribution in [2.45, 2.75) is 44.7 Å². The lowest BCUT2D eigenvalue weighted by Crippen LogP contribution is -2.22. The minimum Gasteiger partial charge on any atom is -0.497 e. The van der Waals surface area contributed by atoms with Gasteiger partial charge in [0.1, 0.15) is 22.6 Å². The zero-order valence-electron chi connectivity index (χ0n) is 23.0. The number of hydrogen-bond donors (Lipinski definition) is 2. The molecule has 1 aliphatic carbocycles. The van der Waals surface area contributed by atoms with Crippen LogP contribution in [0.5, 0.6) is 17.2 Å². The fourth-order valence-electron chi connectivity index (χ4n) is 5.06. The number of ether oxygens (including phenoxy) is 2. The lowest BCUT2D eigenvalue weighted by atomic mass is 9.95. The number of rotatable bonds is 9. The van der Waals surface area contributed by atoms with Crippen LogP contribution in [0.25, 0.3) is 15.9 Å². The summed E-state index contributed by atoms with van der Waals surface area (Å²) < 4.78 is 13.6. The molecule has 11 heteroatoms. The Kier molecular flexibility index (Phi) is 7.96. The van der Waals surface area contributed by atoms with Gasteiger partial charge in [0, 0.05) is 30.1 Å². The number of fused-ring (bicyclic) bond motifs is 1. The summed E-state index contributed by atoms with van der Waals surface area (Å²) in [5, 5.41) is 13.0. The molecule has 0 unspecified atom stereocenters. The number of anilines is 2. The second-order valence-corrected chi connectivity index (χ2v) is 11.0. The van der Waals surface area contributed by atoms with E-state index in [-0.39, 0.29) is 5.91 Å². The van der Waals surface area contributed by atoms with Gasteiger partial charge in [-0.25, -0.2) is 19.5 Å². The van der Waals surface area contributed by atoms with Crippen LogP contribution in [0.2, 0.25) is 0 Å². The Morgan fingerprint density at radius 3 is 2.52 bits per heavy atom. The maximum atomic E-state index is 12.7. The number of pyridine rings is 1. The minimum absolute atomic E-state index is 0.308. The number of aromatic nitrogens is 4. The predicted molar refractivity (Wildman–Crippen MR) is 163 cm³/mol. The number of amides is 1. The minimum atomic E-state index is -0.308.